The minimum Gasteiger partial charge on any atom is -0.454 e. The number of benzene rings is 1. The smallest absolute Gasteiger partial charge is 0.231 e. The van der Waals surface area contributed by atoms with E-state index in [1.165, 1.54) is 0 Å². The molecule has 0 bridgehead atoms. The lowest BCUT2D eigenvalue weighted by Gasteiger charge is -1.99. The van der Waals surface area contributed by atoms with Crippen LogP contribution in [0.2, 0.25) is 0 Å². The Balaban J connectivity index is 1.83. The molecule has 18 heavy (non-hydrogen) atoms. The number of aryl methyl sites for hydroxylation is 1. The van der Waals surface area contributed by atoms with Crippen LogP contribution < -0.4 is 15.2 Å². The SMILES string of the molecule is NCCCn1cc(-c2ccc3c(c2)OCO3)nn1. The van der Waals surface area contributed by atoms with Crippen molar-refractivity contribution >= 4 is 0 Å². The van der Waals surface area contributed by atoms with Crippen molar-refractivity contribution in [3.05, 3.63) is 24.4 Å². The molecule has 1 aromatic heterocycles. The Morgan fingerprint density at radius 1 is 1.28 bits per heavy atom. The maximum absolute atomic E-state index is 5.46. The van der Waals surface area contributed by atoms with Crippen LogP contribution in [0.4, 0.5) is 0 Å². The zero-order valence-electron chi connectivity index (χ0n) is 9.87. The molecule has 1 aliphatic heterocycles. The third-order valence-corrected chi connectivity index (χ3v) is 2.80. The van der Waals surface area contributed by atoms with Crippen LogP contribution in [0, 0.1) is 0 Å². The van der Waals surface area contributed by atoms with Crippen LogP contribution >= 0.6 is 0 Å². The fourth-order valence-corrected chi connectivity index (χ4v) is 1.85. The van der Waals surface area contributed by atoms with E-state index in [9.17, 15) is 0 Å². The molecule has 0 radical (unpaired) electrons. The summed E-state index contributed by atoms with van der Waals surface area (Å²) in [5.41, 5.74) is 7.26. The molecule has 1 aromatic carbocycles. The van der Waals surface area contributed by atoms with Crippen LogP contribution in [0.25, 0.3) is 11.3 Å². The molecular weight excluding hydrogens is 232 g/mol. The summed E-state index contributed by atoms with van der Waals surface area (Å²) in [6.45, 7) is 1.72. The second kappa shape index (κ2) is 4.66. The van der Waals surface area contributed by atoms with Crippen molar-refractivity contribution in [2.45, 2.75) is 13.0 Å². The third kappa shape index (κ3) is 2.02. The molecule has 6 nitrogen and oxygen atoms in total. The fourth-order valence-electron chi connectivity index (χ4n) is 1.85. The normalized spacial score (nSPS) is 12.9. The Labute approximate surface area is 104 Å². The topological polar surface area (TPSA) is 75.2 Å². The Morgan fingerprint density at radius 2 is 2.17 bits per heavy atom. The van der Waals surface area contributed by atoms with Gasteiger partial charge >= 0.3 is 0 Å². The molecule has 1 aliphatic rings. The van der Waals surface area contributed by atoms with Gasteiger partial charge in [0.05, 0.1) is 6.20 Å². The van der Waals surface area contributed by atoms with E-state index < -0.39 is 0 Å². The lowest BCUT2D eigenvalue weighted by molar-refractivity contribution is 0.174. The van der Waals surface area contributed by atoms with Crippen LogP contribution in [-0.2, 0) is 6.54 Å². The number of nitrogens with two attached hydrogens (primary N) is 1. The number of rotatable bonds is 4. The van der Waals surface area contributed by atoms with Gasteiger partial charge in [0.1, 0.15) is 5.69 Å². The predicted molar refractivity (Wildman–Crippen MR) is 65.3 cm³/mol. The van der Waals surface area contributed by atoms with Crippen LogP contribution in [0.15, 0.2) is 24.4 Å². The molecule has 0 atom stereocenters. The van der Waals surface area contributed by atoms with E-state index >= 15 is 0 Å². The molecular formula is C12H14N4O2. The second-order valence-electron chi connectivity index (χ2n) is 4.08. The fraction of sp³-hybridized carbons (Fsp3) is 0.333. The maximum Gasteiger partial charge on any atom is 0.231 e. The average Bonchev–Trinajstić information content (AvgIpc) is 3.04. The summed E-state index contributed by atoms with van der Waals surface area (Å²) in [6, 6.07) is 5.75. The summed E-state index contributed by atoms with van der Waals surface area (Å²) in [6.07, 6.45) is 2.80. The first-order valence-electron chi connectivity index (χ1n) is 5.87. The molecule has 0 fully saturated rings. The van der Waals surface area contributed by atoms with Gasteiger partial charge in [0, 0.05) is 12.1 Å². The van der Waals surface area contributed by atoms with Gasteiger partial charge in [-0.15, -0.1) is 5.10 Å². The first kappa shape index (κ1) is 11.0. The van der Waals surface area contributed by atoms with Crippen LogP contribution in [0.5, 0.6) is 11.5 Å². The predicted octanol–water partition coefficient (Wildman–Crippen LogP) is 1.02. The van der Waals surface area contributed by atoms with Crippen molar-refractivity contribution in [2.24, 2.45) is 5.73 Å². The first-order chi connectivity index (χ1) is 8.86. The molecule has 0 saturated carbocycles. The molecule has 0 spiro atoms. The van der Waals surface area contributed by atoms with Crippen molar-refractivity contribution in [3.63, 3.8) is 0 Å². The van der Waals surface area contributed by atoms with E-state index in [0.29, 0.717) is 6.54 Å². The van der Waals surface area contributed by atoms with E-state index in [2.05, 4.69) is 10.3 Å². The summed E-state index contributed by atoms with van der Waals surface area (Å²) < 4.78 is 12.4. The van der Waals surface area contributed by atoms with Gasteiger partial charge in [0.2, 0.25) is 6.79 Å². The number of aromatic nitrogens is 3. The summed E-state index contributed by atoms with van der Waals surface area (Å²) >= 11 is 0. The van der Waals surface area contributed by atoms with Crippen molar-refractivity contribution in [1.29, 1.82) is 0 Å². The summed E-state index contributed by atoms with van der Waals surface area (Å²) in [4.78, 5) is 0. The third-order valence-electron chi connectivity index (χ3n) is 2.80. The summed E-state index contributed by atoms with van der Waals surface area (Å²) in [5.74, 6) is 1.53. The Hall–Kier alpha value is -2.08. The van der Waals surface area contributed by atoms with Crippen molar-refractivity contribution in [2.75, 3.05) is 13.3 Å². The number of fused-ring (bicyclic) bond motifs is 1. The van der Waals surface area contributed by atoms with Gasteiger partial charge < -0.3 is 15.2 Å². The molecule has 0 unspecified atom stereocenters. The van der Waals surface area contributed by atoms with Gasteiger partial charge in [-0.1, -0.05) is 5.21 Å². The van der Waals surface area contributed by atoms with Crippen molar-refractivity contribution in [3.8, 4) is 22.8 Å². The molecule has 0 amide bonds. The number of ether oxygens (including phenoxy) is 2. The van der Waals surface area contributed by atoms with Gasteiger partial charge in [0.25, 0.3) is 0 Å². The van der Waals surface area contributed by atoms with E-state index in [-0.39, 0.29) is 6.79 Å². The first-order valence-corrected chi connectivity index (χ1v) is 5.87. The van der Waals surface area contributed by atoms with Crippen LogP contribution in [0.3, 0.4) is 0 Å². The lowest BCUT2D eigenvalue weighted by Crippen LogP contribution is -2.06. The largest absolute Gasteiger partial charge is 0.454 e. The van der Waals surface area contributed by atoms with Crippen molar-refractivity contribution in [1.82, 2.24) is 15.0 Å². The highest BCUT2D eigenvalue weighted by atomic mass is 16.7. The highest BCUT2D eigenvalue weighted by Gasteiger charge is 2.14. The molecule has 3 rings (SSSR count). The van der Waals surface area contributed by atoms with E-state index in [1.807, 2.05) is 24.4 Å². The highest BCUT2D eigenvalue weighted by Crippen LogP contribution is 2.35. The van der Waals surface area contributed by atoms with Crippen molar-refractivity contribution < 1.29 is 9.47 Å². The van der Waals surface area contributed by atoms with Gasteiger partial charge in [-0.3, -0.25) is 4.68 Å². The molecule has 2 N–H and O–H groups in total. The van der Waals surface area contributed by atoms with E-state index in [1.54, 1.807) is 4.68 Å². The Kier molecular flexibility index (Phi) is 2.85. The zero-order chi connectivity index (χ0) is 12.4. The number of hydrogen-bond acceptors (Lipinski definition) is 5. The van der Waals surface area contributed by atoms with Gasteiger partial charge in [0.15, 0.2) is 11.5 Å². The second-order valence-corrected chi connectivity index (χ2v) is 4.08. The van der Waals surface area contributed by atoms with E-state index in [4.69, 9.17) is 15.2 Å². The lowest BCUT2D eigenvalue weighted by atomic mass is 10.1. The van der Waals surface area contributed by atoms with Gasteiger partial charge in [-0.25, -0.2) is 0 Å². The molecule has 0 saturated heterocycles. The molecule has 0 aliphatic carbocycles. The van der Waals surface area contributed by atoms with Gasteiger partial charge in [-0.05, 0) is 31.2 Å². The number of nitrogens with zero attached hydrogens (tertiary/aromatic N) is 3. The standard InChI is InChI=1S/C12H14N4O2/c13-4-1-5-16-7-10(14-15-16)9-2-3-11-12(6-9)18-8-17-11/h2-3,6-7H,1,4-5,8,13H2. The minimum absolute atomic E-state index is 0.280. The van der Waals surface area contributed by atoms with Crippen LogP contribution in [-0.4, -0.2) is 28.3 Å². The molecule has 6 heteroatoms. The van der Waals surface area contributed by atoms with Gasteiger partial charge in [-0.2, -0.15) is 0 Å². The quantitative estimate of drug-likeness (QED) is 0.871. The minimum atomic E-state index is 0.280. The van der Waals surface area contributed by atoms with Crippen LogP contribution in [0.1, 0.15) is 6.42 Å². The number of hydrogen-bond donors (Lipinski definition) is 1. The Morgan fingerprint density at radius 3 is 3.06 bits per heavy atom. The monoisotopic (exact) mass is 246 g/mol. The zero-order valence-corrected chi connectivity index (χ0v) is 9.87. The molecule has 2 aromatic rings. The summed E-state index contributed by atoms with van der Waals surface area (Å²) in [7, 11) is 0. The Bertz CT molecular complexity index is 553. The average molecular weight is 246 g/mol. The molecule has 94 valence electrons. The van der Waals surface area contributed by atoms with E-state index in [0.717, 1.165) is 35.7 Å². The highest BCUT2D eigenvalue weighted by molar-refractivity contribution is 5.63. The maximum atomic E-state index is 5.46. The summed E-state index contributed by atoms with van der Waals surface area (Å²) in [5, 5.41) is 8.20. The molecule has 2 heterocycles.